The molecule has 0 saturated heterocycles. The summed E-state index contributed by atoms with van der Waals surface area (Å²) in [4.78, 5) is 24.9. The van der Waals surface area contributed by atoms with Gasteiger partial charge in [-0.15, -0.1) is 0 Å². The molecule has 0 aliphatic rings. The minimum atomic E-state index is -4.55. The van der Waals surface area contributed by atoms with Crippen LogP contribution >= 0.6 is 0 Å². The fourth-order valence-electron chi connectivity index (χ4n) is 4.06. The number of aliphatic hydroxyl groups excluding tert-OH is 1. The zero-order valence-corrected chi connectivity index (χ0v) is 21.7. The van der Waals surface area contributed by atoms with Gasteiger partial charge in [0.1, 0.15) is 11.6 Å². The Labute approximate surface area is 228 Å². The van der Waals surface area contributed by atoms with Crippen molar-refractivity contribution in [1.82, 2.24) is 16.0 Å². The van der Waals surface area contributed by atoms with Crippen LogP contribution in [0.15, 0.2) is 66.7 Å². The second-order valence-corrected chi connectivity index (χ2v) is 9.29. The van der Waals surface area contributed by atoms with E-state index in [1.165, 1.54) is 0 Å². The molecule has 0 radical (unpaired) electrons. The van der Waals surface area contributed by atoms with E-state index in [1.54, 1.807) is 0 Å². The minimum Gasteiger partial charge on any atom is -0.390 e. The number of nitrogens with one attached hydrogen (secondary N) is 3. The first-order chi connectivity index (χ1) is 18.9. The summed E-state index contributed by atoms with van der Waals surface area (Å²) in [5.74, 6) is -3.11. The Morgan fingerprint density at radius 1 is 0.900 bits per heavy atom. The normalized spacial score (nSPS) is 13.0. The maximum atomic E-state index is 13.7. The Bertz CT molecular complexity index is 1280. The number of amides is 2. The number of halogens is 5. The van der Waals surface area contributed by atoms with Crippen molar-refractivity contribution in [3.05, 3.63) is 106 Å². The highest BCUT2D eigenvalue weighted by Gasteiger charge is 2.30. The van der Waals surface area contributed by atoms with Crippen molar-refractivity contribution >= 4 is 11.8 Å². The number of aliphatic hydroxyl groups is 1. The summed E-state index contributed by atoms with van der Waals surface area (Å²) in [7, 11) is 0. The molecule has 0 unspecified atom stereocenters. The van der Waals surface area contributed by atoms with Gasteiger partial charge in [0.05, 0.1) is 24.3 Å². The van der Waals surface area contributed by atoms with E-state index in [9.17, 15) is 36.6 Å². The van der Waals surface area contributed by atoms with Crippen LogP contribution in [0.5, 0.6) is 0 Å². The number of benzene rings is 3. The molecule has 6 nitrogen and oxygen atoms in total. The molecule has 3 aromatic carbocycles. The number of alkyl halides is 3. The summed E-state index contributed by atoms with van der Waals surface area (Å²) in [6.07, 6.45) is -4.97. The number of hydrogen-bond acceptors (Lipinski definition) is 4. The third-order valence-corrected chi connectivity index (χ3v) is 6.15. The van der Waals surface area contributed by atoms with Crippen LogP contribution in [-0.2, 0) is 30.4 Å². The maximum Gasteiger partial charge on any atom is 0.416 e. The highest BCUT2D eigenvalue weighted by atomic mass is 19.4. The molecule has 40 heavy (non-hydrogen) atoms. The van der Waals surface area contributed by atoms with Gasteiger partial charge in [0, 0.05) is 24.7 Å². The average Bonchev–Trinajstić information content (AvgIpc) is 2.90. The zero-order chi connectivity index (χ0) is 29.3. The molecule has 11 heteroatoms. The highest BCUT2D eigenvalue weighted by Crippen LogP contribution is 2.29. The number of carbonyl (C=O) groups is 2. The predicted molar refractivity (Wildman–Crippen MR) is 139 cm³/mol. The summed E-state index contributed by atoms with van der Waals surface area (Å²) in [5.41, 5.74) is 1.34. The minimum absolute atomic E-state index is 0.0387. The van der Waals surface area contributed by atoms with Gasteiger partial charge in [-0.05, 0) is 65.9 Å². The van der Waals surface area contributed by atoms with Crippen molar-refractivity contribution in [1.29, 1.82) is 0 Å². The summed E-state index contributed by atoms with van der Waals surface area (Å²) in [5, 5.41) is 18.8. The lowest BCUT2D eigenvalue weighted by Crippen LogP contribution is -2.51. The van der Waals surface area contributed by atoms with Crippen molar-refractivity contribution in [2.45, 2.75) is 44.6 Å². The van der Waals surface area contributed by atoms with Crippen molar-refractivity contribution < 1.29 is 36.6 Å². The molecule has 0 heterocycles. The van der Waals surface area contributed by atoms with Crippen molar-refractivity contribution in [3.8, 4) is 0 Å². The van der Waals surface area contributed by atoms with Crippen molar-refractivity contribution in [2.75, 3.05) is 13.1 Å². The number of carbonyl (C=O) groups excluding carboxylic acids is 2. The standard InChI is InChI=1S/C29H30F5N3O3/c1-2-18-4-3-5-19(10-18)15-35-16-26(38)25(13-20-11-23(30)14-24(31)12-20)37-27(39)17-36-28(40)21-6-8-22(9-7-21)29(32,33)34/h3-12,14,25-26,35,38H,2,13,15-17H2,1H3,(H,36,40)(H,37,39)/t25-,26+/m0/s1. The van der Waals surface area contributed by atoms with Crippen molar-refractivity contribution in [2.24, 2.45) is 0 Å². The molecule has 0 aliphatic carbocycles. The predicted octanol–water partition coefficient (Wildman–Crippen LogP) is 4.15. The molecular weight excluding hydrogens is 533 g/mol. The molecule has 0 aromatic heterocycles. The fraction of sp³-hybridized carbons (Fsp3) is 0.310. The Hall–Kier alpha value is -3.83. The molecule has 0 bridgehead atoms. The first kappa shape index (κ1) is 30.7. The SMILES string of the molecule is CCc1cccc(CNC[C@@H](O)[C@H](Cc2cc(F)cc(F)c2)NC(=O)CNC(=O)c2ccc(C(F)(F)F)cc2)c1. The zero-order valence-electron chi connectivity index (χ0n) is 21.7. The Balaban J connectivity index is 1.62. The molecule has 2 atom stereocenters. The molecule has 2 amide bonds. The van der Waals surface area contributed by atoms with Gasteiger partial charge in [0.2, 0.25) is 5.91 Å². The van der Waals surface area contributed by atoms with Gasteiger partial charge >= 0.3 is 6.18 Å². The quantitative estimate of drug-likeness (QED) is 0.249. The summed E-state index contributed by atoms with van der Waals surface area (Å²) >= 11 is 0. The van der Waals surface area contributed by atoms with E-state index in [2.05, 4.69) is 16.0 Å². The highest BCUT2D eigenvalue weighted by molar-refractivity contribution is 5.96. The van der Waals surface area contributed by atoms with Crippen LogP contribution in [0.3, 0.4) is 0 Å². The molecule has 214 valence electrons. The van der Waals surface area contributed by atoms with Gasteiger partial charge in [0.15, 0.2) is 0 Å². The summed E-state index contributed by atoms with van der Waals surface area (Å²) < 4.78 is 65.7. The molecule has 0 fully saturated rings. The van der Waals surface area contributed by atoms with E-state index in [0.29, 0.717) is 12.6 Å². The van der Waals surface area contributed by atoms with Gasteiger partial charge in [-0.2, -0.15) is 13.2 Å². The van der Waals surface area contributed by atoms with E-state index in [1.807, 2.05) is 31.2 Å². The first-order valence-electron chi connectivity index (χ1n) is 12.6. The van der Waals surface area contributed by atoms with Crippen LogP contribution in [0.4, 0.5) is 22.0 Å². The van der Waals surface area contributed by atoms with Crippen LogP contribution < -0.4 is 16.0 Å². The molecule has 4 N–H and O–H groups in total. The smallest absolute Gasteiger partial charge is 0.390 e. The van der Waals surface area contributed by atoms with E-state index in [-0.39, 0.29) is 24.1 Å². The topological polar surface area (TPSA) is 90.5 Å². The third-order valence-electron chi connectivity index (χ3n) is 6.15. The van der Waals surface area contributed by atoms with Gasteiger partial charge in [-0.25, -0.2) is 8.78 Å². The average molecular weight is 564 g/mol. The summed E-state index contributed by atoms with van der Waals surface area (Å²) in [6.45, 7) is 1.96. The number of rotatable bonds is 12. The largest absolute Gasteiger partial charge is 0.416 e. The van der Waals surface area contributed by atoms with E-state index < -0.39 is 53.9 Å². The third kappa shape index (κ3) is 9.42. The molecule has 0 aliphatic heterocycles. The van der Waals surface area contributed by atoms with Gasteiger partial charge in [-0.3, -0.25) is 9.59 Å². The maximum absolute atomic E-state index is 13.7. The molecule has 3 rings (SSSR count). The summed E-state index contributed by atoms with van der Waals surface area (Å²) in [6, 6.07) is 13.3. The number of hydrogen-bond donors (Lipinski definition) is 4. The lowest BCUT2D eigenvalue weighted by atomic mass is 10.0. The lowest BCUT2D eigenvalue weighted by molar-refractivity contribution is -0.137. The second kappa shape index (κ2) is 14.0. The van der Waals surface area contributed by atoms with Gasteiger partial charge < -0.3 is 21.1 Å². The second-order valence-electron chi connectivity index (χ2n) is 9.29. The van der Waals surface area contributed by atoms with Crippen molar-refractivity contribution in [3.63, 3.8) is 0 Å². The van der Waals surface area contributed by atoms with Crippen LogP contribution in [0.1, 0.15) is 39.5 Å². The number of aryl methyl sites for hydroxylation is 1. The van der Waals surface area contributed by atoms with Crippen LogP contribution in [0, 0.1) is 11.6 Å². The van der Waals surface area contributed by atoms with Crippen LogP contribution in [0.2, 0.25) is 0 Å². The Morgan fingerprint density at radius 3 is 2.17 bits per heavy atom. The van der Waals surface area contributed by atoms with Gasteiger partial charge in [0.25, 0.3) is 5.91 Å². The van der Waals surface area contributed by atoms with Gasteiger partial charge in [-0.1, -0.05) is 31.2 Å². The Kier molecular flexibility index (Phi) is 10.7. The van der Waals surface area contributed by atoms with Crippen LogP contribution in [-0.4, -0.2) is 42.2 Å². The van der Waals surface area contributed by atoms with E-state index in [0.717, 1.165) is 53.9 Å². The van der Waals surface area contributed by atoms with E-state index in [4.69, 9.17) is 0 Å². The van der Waals surface area contributed by atoms with E-state index >= 15 is 0 Å². The first-order valence-corrected chi connectivity index (χ1v) is 12.6. The Morgan fingerprint density at radius 2 is 1.55 bits per heavy atom. The molecule has 0 spiro atoms. The monoisotopic (exact) mass is 563 g/mol. The lowest BCUT2D eigenvalue weighted by Gasteiger charge is -2.25. The molecular formula is C29H30F5N3O3. The molecule has 3 aromatic rings. The molecule has 0 saturated carbocycles. The fourth-order valence-corrected chi connectivity index (χ4v) is 4.06. The van der Waals surface area contributed by atoms with Crippen LogP contribution in [0.25, 0.3) is 0 Å².